The van der Waals surface area contributed by atoms with Crippen LogP contribution in [0.15, 0.2) is 4.99 Å². The molecule has 2 N–H and O–H groups in total. The van der Waals surface area contributed by atoms with Crippen LogP contribution in [0.2, 0.25) is 0 Å². The fourth-order valence-corrected chi connectivity index (χ4v) is 5.71. The van der Waals surface area contributed by atoms with Gasteiger partial charge in [-0.2, -0.15) is 11.8 Å². The Balaban J connectivity index is 1.78. The number of nitrogens with zero attached hydrogens (tertiary/aromatic N) is 3. The molecule has 0 aromatic carbocycles. The molecule has 2 fully saturated rings. The first-order chi connectivity index (χ1) is 13.0. The first-order valence-corrected chi connectivity index (χ1v) is 12.6. The molecule has 2 aliphatic heterocycles. The van der Waals surface area contributed by atoms with Crippen LogP contribution in [-0.2, 0) is 14.8 Å². The molecule has 2 aliphatic rings. The number of aliphatic imine (C=N–C) groups is 1. The number of thioether (sulfide) groups is 1. The molecule has 2 rings (SSSR count). The van der Waals surface area contributed by atoms with E-state index in [0.717, 1.165) is 63.1 Å². The molecule has 8 nitrogen and oxygen atoms in total. The second-order valence-electron chi connectivity index (χ2n) is 6.84. The fraction of sp³-hybridized carbons (Fsp3) is 0.941. The minimum atomic E-state index is -3.20. The molecular formula is C17H35N5O3S2. The maximum atomic E-state index is 12.4. The van der Waals surface area contributed by atoms with Gasteiger partial charge < -0.3 is 20.3 Å². The van der Waals surface area contributed by atoms with Gasteiger partial charge in [0.05, 0.1) is 18.9 Å². The Bertz CT molecular complexity index is 545. The number of rotatable bonds is 9. The number of likely N-dealkylation sites (tertiary alicyclic amines) is 1. The van der Waals surface area contributed by atoms with Crippen molar-refractivity contribution >= 4 is 27.7 Å². The molecule has 0 amide bonds. The van der Waals surface area contributed by atoms with Crippen molar-refractivity contribution in [3.05, 3.63) is 0 Å². The lowest BCUT2D eigenvalue weighted by Crippen LogP contribution is -2.49. The molecule has 158 valence electrons. The van der Waals surface area contributed by atoms with Gasteiger partial charge in [-0.05, 0) is 19.8 Å². The Morgan fingerprint density at radius 3 is 2.56 bits per heavy atom. The molecule has 27 heavy (non-hydrogen) atoms. The number of sulfonamides is 1. The fourth-order valence-electron chi connectivity index (χ4n) is 3.26. The van der Waals surface area contributed by atoms with Crippen molar-refractivity contribution in [3.8, 4) is 0 Å². The van der Waals surface area contributed by atoms with Crippen LogP contribution in [0.4, 0.5) is 0 Å². The van der Waals surface area contributed by atoms with E-state index in [9.17, 15) is 8.42 Å². The third-order valence-corrected chi connectivity index (χ3v) is 7.66. The largest absolute Gasteiger partial charge is 0.383 e. The highest BCUT2D eigenvalue weighted by Gasteiger charge is 2.24. The standard InChI is InChI=1S/C17H35N5O3S2/c1-3-18-17(20-16-4-7-21(8-5-16)9-12-25-2)19-6-15-27(23,24)22-10-13-26-14-11-22/h16H,3-15H2,1-2H3,(H2,18,19,20). The number of nitrogens with one attached hydrogen (secondary N) is 2. The zero-order chi connectivity index (χ0) is 19.5. The summed E-state index contributed by atoms with van der Waals surface area (Å²) in [5.74, 6) is 2.56. The molecule has 0 atom stereocenters. The number of hydrogen-bond donors (Lipinski definition) is 2. The molecule has 0 aromatic heterocycles. The Kier molecular flexibility index (Phi) is 10.2. The molecule has 0 aliphatic carbocycles. The molecule has 0 spiro atoms. The molecule has 0 radical (unpaired) electrons. The van der Waals surface area contributed by atoms with Gasteiger partial charge in [0.1, 0.15) is 0 Å². The van der Waals surface area contributed by atoms with E-state index in [1.54, 1.807) is 11.4 Å². The monoisotopic (exact) mass is 421 g/mol. The zero-order valence-electron chi connectivity index (χ0n) is 16.7. The van der Waals surface area contributed by atoms with Gasteiger partial charge in [0, 0.05) is 63.9 Å². The summed E-state index contributed by atoms with van der Waals surface area (Å²) in [7, 11) is -1.47. The predicted octanol–water partition coefficient (Wildman–Crippen LogP) is 0.0309. The molecule has 2 heterocycles. The Hall–Kier alpha value is -0.550. The SMILES string of the molecule is CCNC(=NCCS(=O)(=O)N1CCSCC1)NC1CCN(CCOC)CC1. The van der Waals surface area contributed by atoms with Gasteiger partial charge in [-0.25, -0.2) is 12.7 Å². The highest BCUT2D eigenvalue weighted by Crippen LogP contribution is 2.13. The highest BCUT2D eigenvalue weighted by atomic mass is 32.2. The first-order valence-electron chi connectivity index (χ1n) is 9.87. The van der Waals surface area contributed by atoms with Gasteiger partial charge in [0.2, 0.25) is 10.0 Å². The second kappa shape index (κ2) is 12.1. The summed E-state index contributed by atoms with van der Waals surface area (Å²) in [5.41, 5.74) is 0. The van der Waals surface area contributed by atoms with Crippen LogP contribution in [0.1, 0.15) is 19.8 Å². The van der Waals surface area contributed by atoms with E-state index in [0.29, 0.717) is 19.1 Å². The van der Waals surface area contributed by atoms with E-state index in [4.69, 9.17) is 4.74 Å². The molecule has 2 saturated heterocycles. The van der Waals surface area contributed by atoms with Crippen molar-refractivity contribution in [1.29, 1.82) is 0 Å². The number of piperidine rings is 1. The third-order valence-electron chi connectivity index (χ3n) is 4.87. The van der Waals surface area contributed by atoms with Crippen molar-refractivity contribution in [3.63, 3.8) is 0 Å². The van der Waals surface area contributed by atoms with Crippen molar-refractivity contribution < 1.29 is 13.2 Å². The molecule has 0 saturated carbocycles. The van der Waals surface area contributed by atoms with Gasteiger partial charge >= 0.3 is 0 Å². The van der Waals surface area contributed by atoms with E-state index in [1.807, 2.05) is 18.7 Å². The molecule has 10 heteroatoms. The van der Waals surface area contributed by atoms with Crippen LogP contribution in [0.5, 0.6) is 0 Å². The minimum absolute atomic E-state index is 0.0731. The average molecular weight is 422 g/mol. The van der Waals surface area contributed by atoms with Gasteiger partial charge in [-0.3, -0.25) is 4.99 Å². The summed E-state index contributed by atoms with van der Waals surface area (Å²) in [6, 6.07) is 0.373. The summed E-state index contributed by atoms with van der Waals surface area (Å²) in [6.07, 6.45) is 2.11. The number of hydrogen-bond acceptors (Lipinski definition) is 6. The van der Waals surface area contributed by atoms with Gasteiger partial charge in [-0.15, -0.1) is 0 Å². The van der Waals surface area contributed by atoms with Crippen molar-refractivity contribution in [1.82, 2.24) is 19.8 Å². The first kappa shape index (κ1) is 22.7. The van der Waals surface area contributed by atoms with Gasteiger partial charge in [-0.1, -0.05) is 0 Å². The van der Waals surface area contributed by atoms with Crippen LogP contribution >= 0.6 is 11.8 Å². The zero-order valence-corrected chi connectivity index (χ0v) is 18.3. The molecule has 0 unspecified atom stereocenters. The molecular weight excluding hydrogens is 386 g/mol. The van der Waals surface area contributed by atoms with E-state index in [1.165, 1.54) is 0 Å². The molecule has 0 aromatic rings. The van der Waals surface area contributed by atoms with Crippen LogP contribution in [-0.4, -0.2) is 106 Å². The predicted molar refractivity (Wildman–Crippen MR) is 113 cm³/mol. The average Bonchev–Trinajstić information content (AvgIpc) is 2.68. The summed E-state index contributed by atoms with van der Waals surface area (Å²) >= 11 is 1.81. The summed E-state index contributed by atoms with van der Waals surface area (Å²) in [5, 5.41) is 6.70. The second-order valence-corrected chi connectivity index (χ2v) is 10.2. The number of guanidine groups is 1. The third kappa shape index (κ3) is 8.15. The lowest BCUT2D eigenvalue weighted by Gasteiger charge is -2.32. The van der Waals surface area contributed by atoms with Crippen molar-refractivity contribution in [2.24, 2.45) is 4.99 Å². The summed E-state index contributed by atoms with van der Waals surface area (Å²) in [4.78, 5) is 6.92. The van der Waals surface area contributed by atoms with Crippen molar-refractivity contribution in [2.75, 3.05) is 76.8 Å². The maximum Gasteiger partial charge on any atom is 0.215 e. The van der Waals surface area contributed by atoms with E-state index >= 15 is 0 Å². The van der Waals surface area contributed by atoms with E-state index in [-0.39, 0.29) is 12.3 Å². The summed E-state index contributed by atoms with van der Waals surface area (Å²) < 4.78 is 31.6. The smallest absolute Gasteiger partial charge is 0.215 e. The van der Waals surface area contributed by atoms with Gasteiger partial charge in [0.15, 0.2) is 5.96 Å². The quantitative estimate of drug-likeness (QED) is 0.401. The van der Waals surface area contributed by atoms with Crippen LogP contribution in [0, 0.1) is 0 Å². The maximum absolute atomic E-state index is 12.4. The Morgan fingerprint density at radius 1 is 1.22 bits per heavy atom. The number of ether oxygens (including phenoxy) is 1. The van der Waals surface area contributed by atoms with Crippen LogP contribution in [0.3, 0.4) is 0 Å². The lowest BCUT2D eigenvalue weighted by molar-refractivity contribution is 0.128. The van der Waals surface area contributed by atoms with E-state index in [2.05, 4.69) is 20.5 Å². The minimum Gasteiger partial charge on any atom is -0.383 e. The van der Waals surface area contributed by atoms with Gasteiger partial charge in [0.25, 0.3) is 0 Å². The summed E-state index contributed by atoms with van der Waals surface area (Å²) in [6.45, 7) is 8.14. The van der Waals surface area contributed by atoms with Crippen LogP contribution < -0.4 is 10.6 Å². The Morgan fingerprint density at radius 2 is 1.93 bits per heavy atom. The van der Waals surface area contributed by atoms with Crippen molar-refractivity contribution in [2.45, 2.75) is 25.8 Å². The molecule has 0 bridgehead atoms. The topological polar surface area (TPSA) is 86.3 Å². The Labute approximate surface area is 168 Å². The number of methoxy groups -OCH3 is 1. The lowest BCUT2D eigenvalue weighted by atomic mass is 10.1. The van der Waals surface area contributed by atoms with Crippen LogP contribution in [0.25, 0.3) is 0 Å². The van der Waals surface area contributed by atoms with E-state index < -0.39 is 10.0 Å². The normalized spacial score (nSPS) is 21.3. The highest BCUT2D eigenvalue weighted by molar-refractivity contribution is 7.99.